The van der Waals surface area contributed by atoms with Crippen LogP contribution in [0.15, 0.2) is 4.79 Å². The van der Waals surface area contributed by atoms with Crippen molar-refractivity contribution in [1.29, 1.82) is 0 Å². The predicted octanol–water partition coefficient (Wildman–Crippen LogP) is 5.05. The Kier molecular flexibility index (Phi) is 10.7. The van der Waals surface area contributed by atoms with E-state index in [1.165, 1.54) is 0 Å². The van der Waals surface area contributed by atoms with E-state index in [4.69, 9.17) is 21.3 Å². The predicted molar refractivity (Wildman–Crippen MR) is 173 cm³/mol. The summed E-state index contributed by atoms with van der Waals surface area (Å²) >= 11 is 8.49. The van der Waals surface area contributed by atoms with Crippen molar-refractivity contribution in [1.82, 2.24) is 19.8 Å². The van der Waals surface area contributed by atoms with Crippen LogP contribution in [-0.4, -0.2) is 92.0 Å². The molecule has 1 aromatic rings. The minimum absolute atomic E-state index is 0.00155. The molecule has 0 spiro atoms. The number of ether oxygens (including phenoxy) is 1. The maximum Gasteiger partial charge on any atom is 0.389 e. The number of nitrogens with one attached hydrogen (secondary N) is 1. The van der Waals surface area contributed by atoms with Crippen LogP contribution in [0.2, 0.25) is 0 Å². The number of hydrogen-bond donors (Lipinski definition) is 2. The van der Waals surface area contributed by atoms with Gasteiger partial charge in [0.15, 0.2) is 0 Å². The summed E-state index contributed by atoms with van der Waals surface area (Å²) in [4.78, 5) is 32.9. The number of piperidine rings is 2. The largest absolute Gasteiger partial charge is 0.481 e. The molecule has 0 radical (unpaired) electrons. The van der Waals surface area contributed by atoms with Gasteiger partial charge in [-0.25, -0.2) is 4.98 Å². The van der Waals surface area contributed by atoms with E-state index in [1.807, 2.05) is 6.92 Å². The summed E-state index contributed by atoms with van der Waals surface area (Å²) in [6.07, 6.45) is 1.94. The quantitative estimate of drug-likeness (QED) is 0.367. The third-order valence-corrected chi connectivity index (χ3v) is 13.4. The number of aryl methyl sites for hydroxylation is 2. The number of thioether (sulfide) groups is 1. The van der Waals surface area contributed by atoms with Gasteiger partial charge in [0.2, 0.25) is 0 Å². The summed E-state index contributed by atoms with van der Waals surface area (Å²) in [5, 5.41) is 13.7. The molecule has 5 aliphatic rings. The molecule has 3 aliphatic heterocycles. The Balaban J connectivity index is 1.09. The lowest BCUT2D eigenvalue weighted by molar-refractivity contribution is -0.148. The van der Waals surface area contributed by atoms with E-state index in [2.05, 4.69) is 17.1 Å². The fourth-order valence-corrected chi connectivity index (χ4v) is 11.3. The Labute approximate surface area is 278 Å². The summed E-state index contributed by atoms with van der Waals surface area (Å²) in [7, 11) is 0. The number of nitrogens with zero attached hydrogens (tertiary/aromatic N) is 3. The van der Waals surface area contributed by atoms with Gasteiger partial charge >= 0.3 is 12.1 Å². The smallest absolute Gasteiger partial charge is 0.389 e. The van der Waals surface area contributed by atoms with Gasteiger partial charge in [-0.15, -0.1) is 11.6 Å². The number of hydrogen-bond acceptors (Lipinski definition) is 7. The van der Waals surface area contributed by atoms with Gasteiger partial charge < -0.3 is 20.1 Å². The highest BCUT2D eigenvalue weighted by molar-refractivity contribution is 8.00. The summed E-state index contributed by atoms with van der Waals surface area (Å²) in [6, 6.07) is 0.324. The first-order valence-corrected chi connectivity index (χ1v) is 18.6. The lowest BCUT2D eigenvalue weighted by Crippen LogP contribution is -2.57. The second-order valence-electron chi connectivity index (χ2n) is 14.5. The molecule has 46 heavy (non-hydrogen) atoms. The van der Waals surface area contributed by atoms with Crippen LogP contribution in [-0.2, 0) is 28.9 Å². The van der Waals surface area contributed by atoms with Crippen LogP contribution >= 0.6 is 23.4 Å². The van der Waals surface area contributed by atoms with Crippen molar-refractivity contribution in [3.05, 3.63) is 27.4 Å². The molecule has 0 aromatic carbocycles. The lowest BCUT2D eigenvalue weighted by atomic mass is 9.70. The van der Waals surface area contributed by atoms with Crippen molar-refractivity contribution in [2.75, 3.05) is 25.4 Å². The van der Waals surface area contributed by atoms with Crippen molar-refractivity contribution in [3.63, 3.8) is 0 Å². The van der Waals surface area contributed by atoms with Crippen LogP contribution in [0.25, 0.3) is 0 Å². The van der Waals surface area contributed by atoms with Gasteiger partial charge in [0.05, 0.1) is 30.9 Å². The van der Waals surface area contributed by atoms with Crippen molar-refractivity contribution in [2.45, 2.75) is 126 Å². The molecule has 4 heterocycles. The first-order chi connectivity index (χ1) is 21.9. The minimum atomic E-state index is -4.12. The molecule has 6 rings (SSSR count). The van der Waals surface area contributed by atoms with Crippen LogP contribution in [0.1, 0.15) is 75.4 Å². The highest BCUT2D eigenvalue weighted by atomic mass is 35.5. The molecule has 0 amide bonds. The van der Waals surface area contributed by atoms with E-state index in [1.54, 1.807) is 16.3 Å². The van der Waals surface area contributed by atoms with Crippen LogP contribution in [0.4, 0.5) is 13.2 Å². The average molecular weight is 689 g/mol. The summed E-state index contributed by atoms with van der Waals surface area (Å²) in [5.74, 6) is 0.406. The number of carboxylic acid groups (broad SMARTS) is 1. The normalized spacial score (nSPS) is 35.9. The van der Waals surface area contributed by atoms with E-state index in [9.17, 15) is 27.9 Å². The Morgan fingerprint density at radius 3 is 2.63 bits per heavy atom. The Bertz CT molecular complexity index is 1310. The zero-order valence-corrected chi connectivity index (χ0v) is 28.4. The van der Waals surface area contributed by atoms with Gasteiger partial charge in [0.1, 0.15) is 5.82 Å². The molecule has 8 nitrogen and oxygen atoms in total. The molecule has 258 valence electrons. The number of halogens is 4. The van der Waals surface area contributed by atoms with Crippen LogP contribution in [0.5, 0.6) is 0 Å². The molecule has 2 N–H and O–H groups in total. The molecule has 0 bridgehead atoms. The molecule has 9 atom stereocenters. The SMILES string of the molecule is Cc1nc2c(c(=O)n1CCOC1CCC(Cl)CC1C1CC(C)NC3C(C(=O)O)CSC13)C[C@H](N1CCC(CC(F)(F)F)CC1)CC2. The third kappa shape index (κ3) is 7.61. The zero-order valence-electron chi connectivity index (χ0n) is 26.8. The molecule has 1 aromatic heterocycles. The summed E-state index contributed by atoms with van der Waals surface area (Å²) < 4.78 is 47.0. The number of carbonyl (C=O) groups is 1. The summed E-state index contributed by atoms with van der Waals surface area (Å²) in [6.45, 7) is 6.07. The number of carboxylic acids is 1. The second kappa shape index (κ2) is 14.3. The van der Waals surface area contributed by atoms with Crippen molar-refractivity contribution in [2.24, 2.45) is 23.7 Å². The topological polar surface area (TPSA) is 96.7 Å². The maximum absolute atomic E-state index is 13.8. The lowest BCUT2D eigenvalue weighted by Gasteiger charge is -2.47. The molecule has 2 aliphatic carbocycles. The van der Waals surface area contributed by atoms with Gasteiger partial charge in [-0.05, 0) is 102 Å². The average Bonchev–Trinajstić information content (AvgIpc) is 3.43. The van der Waals surface area contributed by atoms with Crippen LogP contribution in [0.3, 0.4) is 0 Å². The Hall–Kier alpha value is -1.34. The van der Waals surface area contributed by atoms with Gasteiger partial charge in [-0.1, -0.05) is 0 Å². The summed E-state index contributed by atoms with van der Waals surface area (Å²) in [5.41, 5.74) is 1.56. The van der Waals surface area contributed by atoms with Gasteiger partial charge in [-0.3, -0.25) is 14.2 Å². The van der Waals surface area contributed by atoms with Crippen LogP contribution in [0, 0.1) is 30.6 Å². The number of alkyl halides is 4. The van der Waals surface area contributed by atoms with Crippen molar-refractivity contribution in [3.8, 4) is 0 Å². The first-order valence-electron chi connectivity index (χ1n) is 17.1. The van der Waals surface area contributed by atoms with E-state index in [0.29, 0.717) is 69.4 Å². The van der Waals surface area contributed by atoms with Gasteiger partial charge in [0, 0.05) is 46.5 Å². The van der Waals surface area contributed by atoms with Gasteiger partial charge in [0.25, 0.3) is 5.56 Å². The van der Waals surface area contributed by atoms with Crippen LogP contribution < -0.4 is 10.9 Å². The molecule has 8 unspecified atom stereocenters. The van der Waals surface area contributed by atoms with E-state index in [-0.39, 0.29) is 58.2 Å². The van der Waals surface area contributed by atoms with Crippen molar-refractivity contribution < 1.29 is 27.8 Å². The monoisotopic (exact) mass is 688 g/mol. The van der Waals surface area contributed by atoms with E-state index < -0.39 is 18.6 Å². The third-order valence-electron chi connectivity index (χ3n) is 11.4. The molecular formula is C33H48ClF3N4O4S. The maximum atomic E-state index is 13.8. The molecule has 1 saturated carbocycles. The molecular weight excluding hydrogens is 641 g/mol. The first kappa shape index (κ1) is 34.5. The highest BCUT2D eigenvalue weighted by Crippen LogP contribution is 2.48. The fourth-order valence-electron chi connectivity index (χ4n) is 9.15. The Morgan fingerprint density at radius 2 is 1.91 bits per heavy atom. The molecule has 4 fully saturated rings. The number of aliphatic carboxylic acids is 1. The number of aromatic nitrogens is 2. The van der Waals surface area contributed by atoms with E-state index >= 15 is 0 Å². The Morgan fingerprint density at radius 1 is 1.15 bits per heavy atom. The highest BCUT2D eigenvalue weighted by Gasteiger charge is 2.51. The van der Waals surface area contributed by atoms with Crippen molar-refractivity contribution >= 4 is 29.3 Å². The second-order valence-corrected chi connectivity index (χ2v) is 16.3. The minimum Gasteiger partial charge on any atom is -0.481 e. The zero-order chi connectivity index (χ0) is 32.7. The number of fused-ring (bicyclic) bond motifs is 2. The number of likely N-dealkylation sites (tertiary alicyclic amines) is 1. The molecule has 13 heteroatoms. The number of rotatable bonds is 8. The fraction of sp³-hybridized carbons (Fsp3) is 0.848. The van der Waals surface area contributed by atoms with E-state index in [0.717, 1.165) is 43.4 Å². The molecule has 3 saturated heterocycles. The standard InChI is InChI=1S/C33H48ClF3N4O4S/c1-18-13-24(30-29(38-18)26(17-46-30)32(43)44)23-14-21(34)3-6-28(23)45-12-11-41-19(2)39-27-5-4-22(15-25(27)31(41)42)40-9-7-20(8-10-40)16-33(35,36)37/h18,20-24,26,28-30,38H,3-17H2,1-2H3,(H,43,44)/t18?,21?,22-,23?,24?,26?,28?,29?,30?/m1/s1. The van der Waals surface area contributed by atoms with Gasteiger partial charge in [-0.2, -0.15) is 24.9 Å².